The lowest BCUT2D eigenvalue weighted by Gasteiger charge is -2.33. The molecule has 2 aliphatic rings. The molecule has 0 unspecified atom stereocenters. The fourth-order valence-electron chi connectivity index (χ4n) is 4.59. The molecule has 2 aromatic carbocycles. The molecule has 2 aromatic rings. The average Bonchev–Trinajstić information content (AvgIpc) is 2.89. The Labute approximate surface area is 262 Å². The molecule has 0 radical (unpaired) electrons. The molecule has 2 aliphatic heterocycles. The number of nitro groups is 2. The van der Waals surface area contributed by atoms with Crippen LogP contribution in [0.25, 0.3) is 0 Å². The predicted octanol–water partition coefficient (Wildman–Crippen LogP) is 7.56. The summed E-state index contributed by atoms with van der Waals surface area (Å²) in [5.41, 5.74) is 1.31. The molecular weight excluding hydrogens is 600 g/mol. The summed E-state index contributed by atoms with van der Waals surface area (Å²) in [4.78, 5) is 36.9. The number of carbonyl (C=O) groups excluding carboxylic acids is 1. The number of nitro benzene ring substituents is 2. The fraction of sp³-hybridized carbons (Fsp3) is 0.552. The second-order valence-electron chi connectivity index (χ2n) is 11.3. The number of rotatable bonds is 6. The number of aryl methyl sites for hydroxylation is 2. The molecule has 0 bridgehead atoms. The zero-order chi connectivity index (χ0) is 30.2. The number of halogens is 1. The van der Waals surface area contributed by atoms with Gasteiger partial charge in [-0.15, -0.1) is 35.9 Å². The molecule has 4 rings (SSSR count). The van der Waals surface area contributed by atoms with Crippen LogP contribution < -0.4 is 5.32 Å². The minimum Gasteiger partial charge on any atom is -0.444 e. The second-order valence-corrected chi connectivity index (χ2v) is 14.0. The molecule has 2 heterocycles. The van der Waals surface area contributed by atoms with Crippen molar-refractivity contribution in [3.8, 4) is 0 Å². The quantitative estimate of drug-likeness (QED) is 0.251. The van der Waals surface area contributed by atoms with Gasteiger partial charge in [0.25, 0.3) is 11.4 Å². The van der Waals surface area contributed by atoms with Crippen LogP contribution in [0.3, 0.4) is 0 Å². The van der Waals surface area contributed by atoms with Crippen LogP contribution in [0.15, 0.2) is 46.2 Å². The van der Waals surface area contributed by atoms with Gasteiger partial charge in [-0.3, -0.25) is 20.2 Å². The lowest BCUT2D eigenvalue weighted by molar-refractivity contribution is -0.385. The van der Waals surface area contributed by atoms with Gasteiger partial charge in [0.2, 0.25) is 0 Å². The third kappa shape index (κ3) is 11.3. The zero-order valence-corrected chi connectivity index (χ0v) is 27.2. The normalized spacial score (nSPS) is 16.1. The number of hydrogen-bond acceptors (Lipinski definition) is 9. The van der Waals surface area contributed by atoms with Crippen LogP contribution >= 0.6 is 35.9 Å². The van der Waals surface area contributed by atoms with Crippen molar-refractivity contribution >= 4 is 53.4 Å². The molecule has 232 valence electrons. The summed E-state index contributed by atoms with van der Waals surface area (Å²) < 4.78 is 5.40. The molecule has 2 saturated heterocycles. The van der Waals surface area contributed by atoms with Crippen molar-refractivity contribution in [1.29, 1.82) is 0 Å². The lowest BCUT2D eigenvalue weighted by atomic mass is 10.1. The minimum absolute atomic E-state index is 0. The summed E-state index contributed by atoms with van der Waals surface area (Å²) in [5.74, 6) is 0. The van der Waals surface area contributed by atoms with Crippen molar-refractivity contribution in [2.24, 2.45) is 0 Å². The highest BCUT2D eigenvalue weighted by atomic mass is 35.5. The van der Waals surface area contributed by atoms with Gasteiger partial charge in [-0.05, 0) is 97.7 Å². The smallest absolute Gasteiger partial charge is 0.410 e. The Kier molecular flexibility index (Phi) is 13.9. The predicted molar refractivity (Wildman–Crippen MR) is 171 cm³/mol. The van der Waals surface area contributed by atoms with Crippen LogP contribution in [0.2, 0.25) is 0 Å². The van der Waals surface area contributed by atoms with Gasteiger partial charge in [0, 0.05) is 56.6 Å². The van der Waals surface area contributed by atoms with E-state index < -0.39 is 5.60 Å². The maximum atomic E-state index is 12.1. The van der Waals surface area contributed by atoms with Crippen LogP contribution in [0.4, 0.5) is 16.2 Å². The van der Waals surface area contributed by atoms with Crippen molar-refractivity contribution in [3.05, 3.63) is 67.8 Å². The summed E-state index contributed by atoms with van der Waals surface area (Å²) in [6, 6.07) is 10.6. The molecule has 0 spiro atoms. The van der Waals surface area contributed by atoms with Gasteiger partial charge in [0.1, 0.15) is 5.60 Å². The molecule has 1 amide bonds. The number of nitrogens with zero attached hydrogens (tertiary/aromatic N) is 3. The number of nitrogens with one attached hydrogen (secondary N) is 1. The summed E-state index contributed by atoms with van der Waals surface area (Å²) in [6.45, 7) is 12.7. The molecule has 13 heteroatoms. The van der Waals surface area contributed by atoms with Gasteiger partial charge in [0.05, 0.1) is 9.85 Å². The summed E-state index contributed by atoms with van der Waals surface area (Å²) in [7, 11) is 0. The maximum absolute atomic E-state index is 12.1. The Balaban J connectivity index is 0.000000302. The first kappa shape index (κ1) is 35.7. The topological polar surface area (TPSA) is 128 Å². The maximum Gasteiger partial charge on any atom is 0.410 e. The van der Waals surface area contributed by atoms with E-state index in [0.29, 0.717) is 29.2 Å². The van der Waals surface area contributed by atoms with E-state index in [0.717, 1.165) is 41.3 Å². The van der Waals surface area contributed by atoms with Crippen LogP contribution in [0.5, 0.6) is 0 Å². The minimum atomic E-state index is -0.473. The number of piperidine rings is 2. The van der Waals surface area contributed by atoms with Crippen molar-refractivity contribution in [1.82, 2.24) is 10.2 Å². The van der Waals surface area contributed by atoms with E-state index in [1.165, 1.54) is 12.8 Å². The Morgan fingerprint density at radius 3 is 1.67 bits per heavy atom. The fourth-order valence-corrected chi connectivity index (χ4v) is 7.06. The van der Waals surface area contributed by atoms with Crippen molar-refractivity contribution in [2.45, 2.75) is 86.2 Å². The molecule has 2 fully saturated rings. The number of amides is 1. The Morgan fingerprint density at radius 1 is 0.857 bits per heavy atom. The highest BCUT2D eigenvalue weighted by molar-refractivity contribution is 8.00. The van der Waals surface area contributed by atoms with Gasteiger partial charge in [-0.25, -0.2) is 4.79 Å². The van der Waals surface area contributed by atoms with E-state index >= 15 is 0 Å². The average molecular weight is 641 g/mol. The molecule has 1 N–H and O–H groups in total. The SMILES string of the molecule is Cc1cc(SC2CCN(C(=O)OC(C)(C)C)CC2)ccc1[N+](=O)[O-].Cc1cc(SC2CCNCC2)ccc1[N+](=O)[O-].Cl. The molecule has 42 heavy (non-hydrogen) atoms. The second kappa shape index (κ2) is 16.3. The molecule has 0 saturated carbocycles. The largest absolute Gasteiger partial charge is 0.444 e. The van der Waals surface area contributed by atoms with E-state index in [4.69, 9.17) is 4.74 Å². The van der Waals surface area contributed by atoms with E-state index in [1.807, 2.05) is 50.7 Å². The third-order valence-electron chi connectivity index (χ3n) is 6.72. The standard InChI is InChI=1S/C17H24N2O4S.C12H16N2O2S.ClH/c1-12-11-14(5-6-15(12)19(21)22)24-13-7-9-18(10-8-13)16(20)23-17(2,3)4;1-9-8-11(2-3-12(9)14(15)16)17-10-4-6-13-7-5-10;/h5-6,11,13H,7-10H2,1-4H3;2-3,8,10,13H,4-7H2,1H3;1H. The van der Waals surface area contributed by atoms with Crippen molar-refractivity contribution in [3.63, 3.8) is 0 Å². The van der Waals surface area contributed by atoms with Gasteiger partial charge in [-0.1, -0.05) is 0 Å². The van der Waals surface area contributed by atoms with Crippen LogP contribution in [0.1, 0.15) is 57.6 Å². The first-order chi connectivity index (χ1) is 19.3. The number of benzene rings is 2. The summed E-state index contributed by atoms with van der Waals surface area (Å²) in [6.07, 6.45) is 3.86. The summed E-state index contributed by atoms with van der Waals surface area (Å²) >= 11 is 3.56. The van der Waals surface area contributed by atoms with Crippen molar-refractivity contribution < 1.29 is 19.4 Å². The number of hydrogen-bond donors (Lipinski definition) is 1. The number of likely N-dealkylation sites (tertiary alicyclic amines) is 1. The number of carbonyl (C=O) groups is 1. The van der Waals surface area contributed by atoms with Crippen LogP contribution in [-0.2, 0) is 4.74 Å². The van der Waals surface area contributed by atoms with Gasteiger partial charge < -0.3 is 15.0 Å². The van der Waals surface area contributed by atoms with E-state index in [9.17, 15) is 25.0 Å². The summed E-state index contributed by atoms with van der Waals surface area (Å²) in [5, 5.41) is 26.0. The van der Waals surface area contributed by atoms with E-state index in [-0.39, 0.29) is 39.7 Å². The molecule has 0 atom stereocenters. The van der Waals surface area contributed by atoms with Crippen LogP contribution in [0, 0.1) is 34.1 Å². The number of thioether (sulfide) groups is 2. The van der Waals surface area contributed by atoms with Gasteiger partial charge in [-0.2, -0.15) is 0 Å². The molecular formula is C29H41ClN4O6S2. The molecule has 10 nitrogen and oxygen atoms in total. The monoisotopic (exact) mass is 640 g/mol. The lowest BCUT2D eigenvalue weighted by Crippen LogP contribution is -2.42. The first-order valence-corrected chi connectivity index (χ1v) is 15.6. The highest BCUT2D eigenvalue weighted by Gasteiger charge is 2.27. The highest BCUT2D eigenvalue weighted by Crippen LogP contribution is 2.34. The Bertz CT molecular complexity index is 1230. The van der Waals surface area contributed by atoms with Crippen LogP contribution in [-0.4, -0.2) is 63.1 Å². The van der Waals surface area contributed by atoms with Crippen molar-refractivity contribution in [2.75, 3.05) is 26.2 Å². The molecule has 0 aromatic heterocycles. The van der Waals surface area contributed by atoms with E-state index in [2.05, 4.69) is 5.32 Å². The third-order valence-corrected chi connectivity index (χ3v) is 9.38. The number of ether oxygens (including phenoxy) is 1. The van der Waals surface area contributed by atoms with Gasteiger partial charge >= 0.3 is 6.09 Å². The Morgan fingerprint density at radius 2 is 1.29 bits per heavy atom. The Hall–Kier alpha value is -2.54. The van der Waals surface area contributed by atoms with E-state index in [1.54, 1.807) is 48.7 Å². The first-order valence-electron chi connectivity index (χ1n) is 13.8. The zero-order valence-electron chi connectivity index (χ0n) is 24.8. The van der Waals surface area contributed by atoms with Gasteiger partial charge in [0.15, 0.2) is 0 Å². The molecule has 0 aliphatic carbocycles.